The molecule has 5 aliphatic carbocycles. The van der Waals surface area contributed by atoms with Gasteiger partial charge in [0.25, 0.3) is 0 Å². The van der Waals surface area contributed by atoms with Crippen molar-refractivity contribution in [1.29, 1.82) is 0 Å². The van der Waals surface area contributed by atoms with Gasteiger partial charge in [0.2, 0.25) is 5.91 Å². The van der Waals surface area contributed by atoms with E-state index in [4.69, 9.17) is 0 Å². The second-order valence-corrected chi connectivity index (χ2v) is 7.59. The van der Waals surface area contributed by atoms with Crippen LogP contribution < -0.4 is 5.32 Å². The van der Waals surface area contributed by atoms with Gasteiger partial charge in [0.15, 0.2) is 0 Å². The predicted octanol–water partition coefficient (Wildman–Crippen LogP) is 1.84. The molecule has 0 aliphatic heterocycles. The highest BCUT2D eigenvalue weighted by Gasteiger charge is 2.56. The molecule has 2 N–H and O–H groups in total. The van der Waals surface area contributed by atoms with Crippen LogP contribution in [0.4, 0.5) is 0 Å². The lowest BCUT2D eigenvalue weighted by Gasteiger charge is -2.55. The van der Waals surface area contributed by atoms with E-state index in [0.717, 1.165) is 49.9 Å². The Balaban J connectivity index is 1.54. The molecule has 1 amide bonds. The SMILES string of the molecule is O=C(NC1(CO)CC1)C12CC3CC(CC(C3)C1)C2. The van der Waals surface area contributed by atoms with Gasteiger partial charge in [-0.2, -0.15) is 0 Å². The smallest absolute Gasteiger partial charge is 0.226 e. The molecule has 5 saturated carbocycles. The van der Waals surface area contributed by atoms with Crippen molar-refractivity contribution in [2.24, 2.45) is 23.2 Å². The highest BCUT2D eigenvalue weighted by molar-refractivity contribution is 5.84. The molecule has 0 aromatic heterocycles. The third-order valence-electron chi connectivity index (χ3n) is 6.05. The summed E-state index contributed by atoms with van der Waals surface area (Å²) >= 11 is 0. The van der Waals surface area contributed by atoms with E-state index in [2.05, 4.69) is 5.32 Å². The average molecular weight is 249 g/mol. The van der Waals surface area contributed by atoms with Crippen molar-refractivity contribution in [3.05, 3.63) is 0 Å². The standard InChI is InChI=1S/C15H23NO2/c17-9-15(1-2-15)16-13(18)14-6-10-3-11(7-14)5-12(4-10)8-14/h10-12,17H,1-9H2,(H,16,18). The van der Waals surface area contributed by atoms with E-state index < -0.39 is 0 Å². The Hall–Kier alpha value is -0.570. The maximum absolute atomic E-state index is 12.7. The fraction of sp³-hybridized carbons (Fsp3) is 0.933. The molecule has 0 atom stereocenters. The van der Waals surface area contributed by atoms with Crippen LogP contribution >= 0.6 is 0 Å². The van der Waals surface area contributed by atoms with E-state index in [-0.39, 0.29) is 23.5 Å². The summed E-state index contributed by atoms with van der Waals surface area (Å²) in [5, 5.41) is 12.6. The Morgan fingerprint density at radius 2 is 1.56 bits per heavy atom. The van der Waals surface area contributed by atoms with Crippen molar-refractivity contribution >= 4 is 5.91 Å². The summed E-state index contributed by atoms with van der Waals surface area (Å²) in [6.07, 6.45) is 9.39. The number of aliphatic hydroxyl groups excluding tert-OH is 1. The van der Waals surface area contributed by atoms with Crippen LogP contribution in [0, 0.1) is 23.2 Å². The lowest BCUT2D eigenvalue weighted by molar-refractivity contribution is -0.147. The first-order valence-corrected chi connectivity index (χ1v) is 7.57. The zero-order chi connectivity index (χ0) is 12.4. The van der Waals surface area contributed by atoms with Gasteiger partial charge in [-0.05, 0) is 69.1 Å². The molecule has 5 rings (SSSR count). The highest BCUT2D eigenvalue weighted by atomic mass is 16.3. The molecule has 18 heavy (non-hydrogen) atoms. The van der Waals surface area contributed by atoms with Crippen LogP contribution in [-0.4, -0.2) is 23.2 Å². The topological polar surface area (TPSA) is 49.3 Å². The fourth-order valence-corrected chi connectivity index (χ4v) is 5.24. The molecule has 4 bridgehead atoms. The number of amides is 1. The van der Waals surface area contributed by atoms with Crippen molar-refractivity contribution in [3.63, 3.8) is 0 Å². The quantitative estimate of drug-likeness (QED) is 0.802. The van der Waals surface area contributed by atoms with Gasteiger partial charge < -0.3 is 10.4 Å². The number of aliphatic hydroxyl groups is 1. The number of nitrogens with one attached hydrogen (secondary N) is 1. The summed E-state index contributed by atoms with van der Waals surface area (Å²) in [7, 11) is 0. The normalized spacial score (nSPS) is 47.1. The summed E-state index contributed by atoms with van der Waals surface area (Å²) in [6, 6.07) is 0. The van der Waals surface area contributed by atoms with E-state index in [0.29, 0.717) is 0 Å². The first-order valence-electron chi connectivity index (χ1n) is 7.57. The van der Waals surface area contributed by atoms with Gasteiger partial charge in [-0.15, -0.1) is 0 Å². The molecule has 0 spiro atoms. The van der Waals surface area contributed by atoms with Crippen LogP contribution in [0.5, 0.6) is 0 Å². The van der Waals surface area contributed by atoms with Crippen molar-refractivity contribution < 1.29 is 9.90 Å². The molecular formula is C15H23NO2. The lowest BCUT2D eigenvalue weighted by atomic mass is 9.49. The first-order chi connectivity index (χ1) is 8.63. The van der Waals surface area contributed by atoms with Gasteiger partial charge in [-0.3, -0.25) is 4.79 Å². The summed E-state index contributed by atoms with van der Waals surface area (Å²) in [4.78, 5) is 12.7. The van der Waals surface area contributed by atoms with Crippen LogP contribution in [0.2, 0.25) is 0 Å². The van der Waals surface area contributed by atoms with Crippen LogP contribution in [0.25, 0.3) is 0 Å². The van der Waals surface area contributed by atoms with Crippen molar-refractivity contribution in [3.8, 4) is 0 Å². The minimum Gasteiger partial charge on any atom is -0.394 e. The van der Waals surface area contributed by atoms with E-state index in [1.54, 1.807) is 0 Å². The van der Waals surface area contributed by atoms with Gasteiger partial charge in [-0.25, -0.2) is 0 Å². The molecule has 0 unspecified atom stereocenters. The highest BCUT2D eigenvalue weighted by Crippen LogP contribution is 2.60. The molecule has 0 radical (unpaired) electrons. The van der Waals surface area contributed by atoms with E-state index in [9.17, 15) is 9.90 Å². The van der Waals surface area contributed by atoms with Crippen molar-refractivity contribution in [2.45, 2.75) is 56.9 Å². The molecule has 5 aliphatic rings. The third kappa shape index (κ3) is 1.56. The van der Waals surface area contributed by atoms with Gasteiger partial charge in [0.05, 0.1) is 12.1 Å². The van der Waals surface area contributed by atoms with E-state index in [1.165, 1.54) is 19.3 Å². The summed E-state index contributed by atoms with van der Waals surface area (Å²) in [5.41, 5.74) is -0.292. The van der Waals surface area contributed by atoms with Crippen molar-refractivity contribution in [1.82, 2.24) is 5.32 Å². The Kier molecular flexibility index (Phi) is 2.19. The zero-order valence-electron chi connectivity index (χ0n) is 11.0. The molecule has 0 aromatic carbocycles. The monoisotopic (exact) mass is 249 g/mol. The number of hydrogen-bond donors (Lipinski definition) is 2. The predicted molar refractivity (Wildman–Crippen MR) is 67.8 cm³/mol. The van der Waals surface area contributed by atoms with Gasteiger partial charge in [0, 0.05) is 5.41 Å². The largest absolute Gasteiger partial charge is 0.394 e. The Morgan fingerprint density at radius 3 is 1.94 bits per heavy atom. The van der Waals surface area contributed by atoms with Crippen molar-refractivity contribution in [2.75, 3.05) is 6.61 Å². The number of hydrogen-bond acceptors (Lipinski definition) is 2. The zero-order valence-corrected chi connectivity index (χ0v) is 11.0. The molecule has 3 heteroatoms. The van der Waals surface area contributed by atoms with Crippen LogP contribution in [0.3, 0.4) is 0 Å². The molecular weight excluding hydrogens is 226 g/mol. The van der Waals surface area contributed by atoms with Gasteiger partial charge in [-0.1, -0.05) is 0 Å². The Labute approximate surface area is 108 Å². The lowest BCUT2D eigenvalue weighted by Crippen LogP contribution is -2.56. The molecule has 3 nitrogen and oxygen atoms in total. The van der Waals surface area contributed by atoms with Gasteiger partial charge in [0.1, 0.15) is 0 Å². The van der Waals surface area contributed by atoms with Crippen LogP contribution in [0.1, 0.15) is 51.4 Å². The van der Waals surface area contributed by atoms with Crippen LogP contribution in [-0.2, 0) is 4.79 Å². The van der Waals surface area contributed by atoms with E-state index in [1.807, 2.05) is 0 Å². The second-order valence-electron chi connectivity index (χ2n) is 7.59. The molecule has 0 heterocycles. The maximum atomic E-state index is 12.7. The molecule has 100 valence electrons. The Morgan fingerprint density at radius 1 is 1.06 bits per heavy atom. The Bertz CT molecular complexity index is 351. The summed E-state index contributed by atoms with van der Waals surface area (Å²) in [6.45, 7) is 0.116. The second kappa shape index (κ2) is 3.50. The van der Waals surface area contributed by atoms with Gasteiger partial charge >= 0.3 is 0 Å². The minimum atomic E-state index is -0.236. The minimum absolute atomic E-state index is 0.0560. The van der Waals surface area contributed by atoms with E-state index >= 15 is 0 Å². The fourth-order valence-electron chi connectivity index (χ4n) is 5.24. The maximum Gasteiger partial charge on any atom is 0.226 e. The third-order valence-corrected chi connectivity index (χ3v) is 6.05. The number of carbonyl (C=O) groups is 1. The molecule has 5 fully saturated rings. The molecule has 0 aromatic rings. The average Bonchev–Trinajstić information content (AvgIpc) is 3.07. The molecule has 0 saturated heterocycles. The first kappa shape index (κ1) is 11.3. The summed E-state index contributed by atoms with van der Waals surface area (Å²) in [5.74, 6) is 2.71. The number of rotatable bonds is 3. The van der Waals surface area contributed by atoms with Crippen LogP contribution in [0.15, 0.2) is 0 Å². The number of carbonyl (C=O) groups excluding carboxylic acids is 1. The summed E-state index contributed by atoms with van der Waals surface area (Å²) < 4.78 is 0.